The van der Waals surface area contributed by atoms with E-state index in [0.717, 1.165) is 22.3 Å². The third kappa shape index (κ3) is 2.22. The van der Waals surface area contributed by atoms with Crippen molar-refractivity contribution in [2.24, 2.45) is 7.05 Å². The second-order valence-electron chi connectivity index (χ2n) is 3.64. The number of hydrogen-bond acceptors (Lipinski definition) is 8. The smallest absolute Gasteiger partial charge is 0.350 e. The molecule has 11 heteroatoms. The fourth-order valence-electron chi connectivity index (χ4n) is 1.45. The molecule has 0 aromatic carbocycles. The molecule has 2 N–H and O–H groups in total. The molecule has 0 aliphatic heterocycles. The Balaban J connectivity index is 2.63. The van der Waals surface area contributed by atoms with Gasteiger partial charge in [0.2, 0.25) is 0 Å². The Kier molecular flexibility index (Phi) is 3.12. The van der Waals surface area contributed by atoms with Crippen LogP contribution in [0.3, 0.4) is 0 Å². The summed E-state index contributed by atoms with van der Waals surface area (Å²) in [4.78, 5) is 33.5. The lowest BCUT2D eigenvalue weighted by Gasteiger charge is -2.05. The first-order valence-electron chi connectivity index (χ1n) is 4.93. The lowest BCUT2D eigenvalue weighted by molar-refractivity contribution is -0.387. The van der Waals surface area contributed by atoms with Crippen LogP contribution in [0.5, 0.6) is 0 Å². The molecule has 0 amide bonds. The molecule has 0 spiro atoms. The molecule has 10 nitrogen and oxygen atoms in total. The second kappa shape index (κ2) is 4.61. The first-order chi connectivity index (χ1) is 8.91. The predicted molar refractivity (Wildman–Crippen MR) is 66.0 cm³/mol. The molecule has 0 bridgehead atoms. The van der Waals surface area contributed by atoms with Crippen molar-refractivity contribution in [3.05, 3.63) is 42.8 Å². The van der Waals surface area contributed by atoms with Gasteiger partial charge in [-0.15, -0.1) is 5.10 Å². The minimum absolute atomic E-state index is 0.227. The van der Waals surface area contributed by atoms with Crippen LogP contribution in [0, 0.1) is 10.1 Å². The highest BCUT2D eigenvalue weighted by Gasteiger charge is 2.20. The average molecular weight is 284 g/mol. The summed E-state index contributed by atoms with van der Waals surface area (Å²) in [5.41, 5.74) is 3.40. The second-order valence-corrected chi connectivity index (χ2v) is 4.43. The number of nitrogens with two attached hydrogens (primary N) is 1. The number of aromatic nitrogens is 4. The number of rotatable bonds is 3. The Bertz CT molecular complexity index is 759. The highest BCUT2D eigenvalue weighted by molar-refractivity contribution is 7.09. The molecule has 2 heterocycles. The average Bonchev–Trinajstić information content (AvgIpc) is 2.74. The third-order valence-corrected chi connectivity index (χ3v) is 3.00. The van der Waals surface area contributed by atoms with Crippen LogP contribution in [0.1, 0.15) is 5.69 Å². The Hall–Kier alpha value is -2.56. The molecule has 0 atom stereocenters. The topological polar surface area (TPSA) is 139 Å². The fraction of sp³-hybridized carbons (Fsp3) is 0.250. The van der Waals surface area contributed by atoms with Crippen molar-refractivity contribution in [3.63, 3.8) is 0 Å². The Morgan fingerprint density at radius 2 is 2.21 bits per heavy atom. The van der Waals surface area contributed by atoms with Gasteiger partial charge in [-0.05, 0) is 0 Å². The van der Waals surface area contributed by atoms with Gasteiger partial charge in [0.05, 0.1) is 17.7 Å². The maximum atomic E-state index is 11.8. The van der Waals surface area contributed by atoms with E-state index in [9.17, 15) is 19.7 Å². The number of hydrogen-bond donors (Lipinski definition) is 1. The van der Waals surface area contributed by atoms with Gasteiger partial charge in [0.15, 0.2) is 0 Å². The monoisotopic (exact) mass is 284 g/mol. The number of nitrogen functional groups attached to an aromatic ring is 1. The zero-order valence-corrected chi connectivity index (χ0v) is 10.5. The number of anilines is 1. The Morgan fingerprint density at radius 3 is 2.74 bits per heavy atom. The molecule has 100 valence electrons. The molecule has 2 rings (SSSR count). The lowest BCUT2D eigenvalue weighted by Crippen LogP contribution is -2.39. The third-order valence-electron chi connectivity index (χ3n) is 2.40. The first-order valence-corrected chi connectivity index (χ1v) is 5.70. The standard InChI is InChI=1S/C8H8N6O4S/c1-12-3-5(14(17)18)7(15)13(8(12)16)2-4-6(9)19-11-10-4/h3H,2,9H2,1H3. The Labute approximate surface area is 109 Å². The van der Waals surface area contributed by atoms with Crippen molar-refractivity contribution < 1.29 is 4.92 Å². The number of nitrogens with zero attached hydrogens (tertiary/aromatic N) is 5. The number of nitro groups is 1. The van der Waals surface area contributed by atoms with Gasteiger partial charge in [-0.2, -0.15) is 0 Å². The van der Waals surface area contributed by atoms with E-state index in [1.54, 1.807) is 0 Å². The number of aryl methyl sites for hydroxylation is 1. The zero-order chi connectivity index (χ0) is 14.2. The largest absolute Gasteiger partial charge is 0.388 e. The quantitative estimate of drug-likeness (QED) is 0.559. The van der Waals surface area contributed by atoms with Gasteiger partial charge in [-0.25, -0.2) is 9.36 Å². The van der Waals surface area contributed by atoms with Crippen LogP contribution >= 0.6 is 11.5 Å². The minimum atomic E-state index is -1.000. The van der Waals surface area contributed by atoms with E-state index in [-0.39, 0.29) is 17.2 Å². The maximum absolute atomic E-state index is 11.8. The summed E-state index contributed by atoms with van der Waals surface area (Å²) >= 11 is 0.909. The van der Waals surface area contributed by atoms with Crippen molar-refractivity contribution >= 4 is 22.2 Å². The highest BCUT2D eigenvalue weighted by Crippen LogP contribution is 2.12. The van der Waals surface area contributed by atoms with Crippen molar-refractivity contribution in [2.75, 3.05) is 5.73 Å². The summed E-state index contributed by atoms with van der Waals surface area (Å²) in [5, 5.41) is 14.6. The van der Waals surface area contributed by atoms with Gasteiger partial charge in [0.1, 0.15) is 10.7 Å². The molecule has 2 aromatic rings. The van der Waals surface area contributed by atoms with E-state index in [1.807, 2.05) is 0 Å². The van der Waals surface area contributed by atoms with Crippen LogP contribution in [0.4, 0.5) is 10.7 Å². The molecule has 19 heavy (non-hydrogen) atoms. The predicted octanol–water partition coefficient (Wildman–Crippen LogP) is -1.06. The molecule has 0 unspecified atom stereocenters. The molecular formula is C8H8N6O4S. The van der Waals surface area contributed by atoms with E-state index < -0.39 is 21.9 Å². The molecule has 0 radical (unpaired) electrons. The molecule has 0 aliphatic carbocycles. The SMILES string of the molecule is Cn1cc([N+](=O)[O-])c(=O)n(Cc2nnsc2N)c1=O. The van der Waals surface area contributed by atoms with Crippen LogP contribution in [-0.4, -0.2) is 23.6 Å². The Morgan fingerprint density at radius 1 is 1.53 bits per heavy atom. The van der Waals surface area contributed by atoms with Gasteiger partial charge in [0.25, 0.3) is 0 Å². The molecule has 0 saturated heterocycles. The first kappa shape index (κ1) is 12.9. The molecule has 0 fully saturated rings. The van der Waals surface area contributed by atoms with Gasteiger partial charge >= 0.3 is 16.9 Å². The zero-order valence-electron chi connectivity index (χ0n) is 9.64. The molecular weight excluding hydrogens is 276 g/mol. The molecule has 2 aromatic heterocycles. The highest BCUT2D eigenvalue weighted by atomic mass is 32.1. The summed E-state index contributed by atoms with van der Waals surface area (Å²) in [7, 11) is 1.31. The summed E-state index contributed by atoms with van der Waals surface area (Å²) in [5.74, 6) is 0. The van der Waals surface area contributed by atoms with Crippen molar-refractivity contribution in [1.29, 1.82) is 0 Å². The van der Waals surface area contributed by atoms with Crippen molar-refractivity contribution in [1.82, 2.24) is 18.7 Å². The normalized spacial score (nSPS) is 10.6. The maximum Gasteiger partial charge on any atom is 0.350 e. The van der Waals surface area contributed by atoms with Crippen molar-refractivity contribution in [2.45, 2.75) is 6.54 Å². The van der Waals surface area contributed by atoms with E-state index in [2.05, 4.69) is 9.59 Å². The van der Waals surface area contributed by atoms with E-state index in [4.69, 9.17) is 5.73 Å². The van der Waals surface area contributed by atoms with Crippen molar-refractivity contribution in [3.8, 4) is 0 Å². The summed E-state index contributed by atoms with van der Waals surface area (Å²) in [6.45, 7) is -0.254. The van der Waals surface area contributed by atoms with E-state index in [0.29, 0.717) is 4.57 Å². The van der Waals surface area contributed by atoms with Gasteiger partial charge in [0, 0.05) is 18.6 Å². The van der Waals surface area contributed by atoms with Crippen LogP contribution in [-0.2, 0) is 13.6 Å². The van der Waals surface area contributed by atoms with E-state index >= 15 is 0 Å². The summed E-state index contributed by atoms with van der Waals surface area (Å²) in [6.07, 6.45) is 0.879. The van der Waals surface area contributed by atoms with Crippen LogP contribution in [0.2, 0.25) is 0 Å². The van der Waals surface area contributed by atoms with Gasteiger partial charge < -0.3 is 5.73 Å². The van der Waals surface area contributed by atoms with Gasteiger partial charge in [-0.3, -0.25) is 19.5 Å². The molecule has 0 aliphatic rings. The fourth-order valence-corrected chi connectivity index (χ4v) is 1.89. The summed E-state index contributed by atoms with van der Waals surface area (Å²) in [6, 6.07) is 0. The van der Waals surface area contributed by atoms with Gasteiger partial charge in [-0.1, -0.05) is 4.49 Å². The summed E-state index contributed by atoms with van der Waals surface area (Å²) < 4.78 is 5.22. The van der Waals surface area contributed by atoms with Crippen LogP contribution in [0.15, 0.2) is 15.8 Å². The van der Waals surface area contributed by atoms with E-state index in [1.165, 1.54) is 7.05 Å². The van der Waals surface area contributed by atoms with Crippen LogP contribution in [0.25, 0.3) is 0 Å². The molecule has 0 saturated carbocycles. The minimum Gasteiger partial charge on any atom is -0.388 e. The lowest BCUT2D eigenvalue weighted by atomic mass is 10.4. The van der Waals surface area contributed by atoms with Crippen LogP contribution < -0.4 is 17.0 Å².